The van der Waals surface area contributed by atoms with E-state index in [9.17, 15) is 4.79 Å². The highest BCUT2D eigenvalue weighted by Gasteiger charge is 2.29. The van der Waals surface area contributed by atoms with Crippen molar-refractivity contribution in [1.82, 2.24) is 20.2 Å². The van der Waals surface area contributed by atoms with E-state index in [1.165, 1.54) is 15.8 Å². The van der Waals surface area contributed by atoms with Crippen molar-refractivity contribution in [3.63, 3.8) is 0 Å². The average molecular weight is 461 g/mol. The van der Waals surface area contributed by atoms with Crippen LogP contribution in [0.1, 0.15) is 25.3 Å². The van der Waals surface area contributed by atoms with Crippen molar-refractivity contribution in [2.45, 2.75) is 32.2 Å². The van der Waals surface area contributed by atoms with Gasteiger partial charge in [-0.1, -0.05) is 12.7 Å². The molecule has 7 nitrogen and oxygen atoms in total. The topological polar surface area (TPSA) is 82.2 Å². The monoisotopic (exact) mass is 460 g/mol. The Hall–Kier alpha value is -3.39. The fourth-order valence-corrected chi connectivity index (χ4v) is 5.16. The van der Waals surface area contributed by atoms with Gasteiger partial charge < -0.3 is 20.9 Å². The number of thiazole rings is 1. The molecule has 5 rings (SSSR count). The van der Waals surface area contributed by atoms with Crippen molar-refractivity contribution in [3.05, 3.63) is 65.5 Å². The lowest BCUT2D eigenvalue weighted by molar-refractivity contribution is -0.130. The number of nitrogens with zero attached hydrogens (tertiary/aromatic N) is 3. The largest absolute Gasteiger partial charge is 0.389 e. The lowest BCUT2D eigenvalue weighted by Crippen LogP contribution is -2.38. The number of aromatic nitrogens is 2. The maximum absolute atomic E-state index is 12.5. The molecule has 0 saturated heterocycles. The minimum absolute atomic E-state index is 0.188. The highest BCUT2D eigenvalue weighted by molar-refractivity contribution is 7.16. The maximum atomic E-state index is 12.5. The van der Waals surface area contributed by atoms with Crippen molar-refractivity contribution >= 4 is 44.7 Å². The van der Waals surface area contributed by atoms with Crippen LogP contribution in [0.25, 0.3) is 10.2 Å². The van der Waals surface area contributed by atoms with E-state index >= 15 is 0 Å². The molecule has 1 amide bonds. The Balaban J connectivity index is 1.23. The van der Waals surface area contributed by atoms with Crippen LogP contribution in [0.3, 0.4) is 0 Å². The number of benzene rings is 1. The lowest BCUT2D eigenvalue weighted by atomic mass is 9.97. The van der Waals surface area contributed by atoms with Gasteiger partial charge in [0, 0.05) is 61.3 Å². The van der Waals surface area contributed by atoms with Crippen LogP contribution in [0.2, 0.25) is 0 Å². The van der Waals surface area contributed by atoms with Gasteiger partial charge in [-0.15, -0.1) is 11.3 Å². The molecule has 0 saturated carbocycles. The molecule has 2 aliphatic rings. The van der Waals surface area contributed by atoms with E-state index in [1.807, 2.05) is 35.7 Å². The molecule has 1 unspecified atom stereocenters. The van der Waals surface area contributed by atoms with Gasteiger partial charge in [-0.05, 0) is 43.2 Å². The number of hydrogen-bond acceptors (Lipinski definition) is 7. The predicted octanol–water partition coefficient (Wildman–Crippen LogP) is 4.44. The van der Waals surface area contributed by atoms with E-state index in [0.717, 1.165) is 47.8 Å². The molecule has 0 fully saturated rings. The molecule has 33 heavy (non-hydrogen) atoms. The molecule has 170 valence electrons. The Labute approximate surface area is 197 Å². The summed E-state index contributed by atoms with van der Waals surface area (Å²) in [5, 5.41) is 10.3. The van der Waals surface area contributed by atoms with Crippen molar-refractivity contribution in [3.8, 4) is 0 Å². The Kier molecular flexibility index (Phi) is 6.00. The highest BCUT2D eigenvalue weighted by atomic mass is 32.1. The van der Waals surface area contributed by atoms with Crippen LogP contribution >= 0.6 is 11.3 Å². The number of carbonyl (C=O) groups excluding carboxylic acids is 1. The molecule has 2 aliphatic heterocycles. The molecule has 0 bridgehead atoms. The Morgan fingerprint density at radius 3 is 3.06 bits per heavy atom. The molecule has 4 heterocycles. The van der Waals surface area contributed by atoms with Gasteiger partial charge in [-0.2, -0.15) is 0 Å². The predicted molar refractivity (Wildman–Crippen MR) is 135 cm³/mol. The third-order valence-electron chi connectivity index (χ3n) is 6.20. The number of pyridine rings is 1. The van der Waals surface area contributed by atoms with Gasteiger partial charge in [0.05, 0.1) is 21.8 Å². The number of hydrogen-bond donors (Lipinski definition) is 3. The molecule has 1 aromatic carbocycles. The summed E-state index contributed by atoms with van der Waals surface area (Å²) < 4.78 is 1.17. The van der Waals surface area contributed by atoms with E-state index in [-0.39, 0.29) is 11.9 Å². The minimum atomic E-state index is 0.188. The van der Waals surface area contributed by atoms with Crippen molar-refractivity contribution in [2.24, 2.45) is 0 Å². The van der Waals surface area contributed by atoms with Gasteiger partial charge in [0.25, 0.3) is 0 Å². The molecular formula is C25H28N6OS. The molecule has 0 spiro atoms. The maximum Gasteiger partial charge on any atom is 0.224 e. The van der Waals surface area contributed by atoms with Gasteiger partial charge in [-0.25, -0.2) is 9.97 Å². The summed E-state index contributed by atoms with van der Waals surface area (Å²) in [7, 11) is 0. The zero-order chi connectivity index (χ0) is 22.8. The number of allylic oxidation sites excluding steroid dienone is 1. The number of nitrogens with one attached hydrogen (secondary N) is 3. The molecule has 3 aromatic rings. The fraction of sp³-hybridized carbons (Fsp3) is 0.320. The van der Waals surface area contributed by atoms with Gasteiger partial charge in [0.15, 0.2) is 0 Å². The first kappa shape index (κ1) is 21.5. The number of rotatable bonds is 7. The zero-order valence-corrected chi connectivity index (χ0v) is 19.5. The molecule has 8 heteroatoms. The summed E-state index contributed by atoms with van der Waals surface area (Å²) in [5.74, 6) is 1.13. The van der Waals surface area contributed by atoms with Crippen molar-refractivity contribution < 1.29 is 4.79 Å². The summed E-state index contributed by atoms with van der Waals surface area (Å²) in [4.78, 5) is 23.3. The lowest BCUT2D eigenvalue weighted by Gasteiger charge is -2.29. The summed E-state index contributed by atoms with van der Waals surface area (Å²) in [6.45, 7) is 7.79. The van der Waals surface area contributed by atoms with Gasteiger partial charge in [0.2, 0.25) is 5.91 Å². The standard InChI is InChI=1S/C25H28N6OS/c1-16(2)26-10-6-24(32)31-11-7-17(8-12-31)22-14-19-20(5-9-27-25(19)30-22)29-18-3-4-21-23(13-18)33-15-28-21/h3-5,7,9,13,15,22,26H,1,6,8,10-12,14H2,2H3,(H2,27,29,30). The number of amides is 1. The van der Waals surface area contributed by atoms with E-state index in [2.05, 4.69) is 50.7 Å². The second-order valence-corrected chi connectivity index (χ2v) is 9.46. The van der Waals surface area contributed by atoms with Crippen LogP contribution in [-0.2, 0) is 11.2 Å². The van der Waals surface area contributed by atoms with Gasteiger partial charge >= 0.3 is 0 Å². The number of carbonyl (C=O) groups is 1. The van der Waals surface area contributed by atoms with E-state index in [4.69, 9.17) is 0 Å². The first-order chi connectivity index (χ1) is 16.1. The molecule has 1 atom stereocenters. The third-order valence-corrected chi connectivity index (χ3v) is 6.99. The second-order valence-electron chi connectivity index (χ2n) is 8.57. The normalized spacial score (nSPS) is 17.3. The van der Waals surface area contributed by atoms with Crippen molar-refractivity contribution in [1.29, 1.82) is 0 Å². The molecular weight excluding hydrogens is 432 g/mol. The number of anilines is 3. The molecule has 0 aliphatic carbocycles. The molecule has 2 aromatic heterocycles. The zero-order valence-electron chi connectivity index (χ0n) is 18.7. The Bertz CT molecular complexity index is 1230. The summed E-state index contributed by atoms with van der Waals surface area (Å²) >= 11 is 1.65. The summed E-state index contributed by atoms with van der Waals surface area (Å²) in [6, 6.07) is 8.51. The highest BCUT2D eigenvalue weighted by Crippen LogP contribution is 2.36. The number of fused-ring (bicyclic) bond motifs is 2. The van der Waals surface area contributed by atoms with Crippen LogP contribution in [0.4, 0.5) is 17.2 Å². The van der Waals surface area contributed by atoms with E-state index < -0.39 is 0 Å². The smallest absolute Gasteiger partial charge is 0.224 e. The van der Waals surface area contributed by atoms with Gasteiger partial charge in [0.1, 0.15) is 5.82 Å². The third kappa shape index (κ3) is 4.71. The average Bonchev–Trinajstić information content (AvgIpc) is 3.46. The summed E-state index contributed by atoms with van der Waals surface area (Å²) in [5.41, 5.74) is 8.48. The SMILES string of the molecule is C=C(C)NCCC(=O)N1CC=C(C2Cc3c(Nc4ccc5ncsc5c4)ccnc3N2)CC1. The van der Waals surface area contributed by atoms with Crippen LogP contribution in [0.5, 0.6) is 0 Å². The molecule has 0 radical (unpaired) electrons. The van der Waals surface area contributed by atoms with E-state index in [1.54, 1.807) is 11.3 Å². The summed E-state index contributed by atoms with van der Waals surface area (Å²) in [6.07, 6.45) is 6.32. The van der Waals surface area contributed by atoms with Crippen molar-refractivity contribution in [2.75, 3.05) is 30.3 Å². The Morgan fingerprint density at radius 2 is 2.24 bits per heavy atom. The van der Waals surface area contributed by atoms with Crippen LogP contribution in [-0.4, -0.2) is 46.5 Å². The van der Waals surface area contributed by atoms with Crippen LogP contribution in [0, 0.1) is 0 Å². The van der Waals surface area contributed by atoms with Crippen LogP contribution < -0.4 is 16.0 Å². The van der Waals surface area contributed by atoms with E-state index in [0.29, 0.717) is 19.5 Å². The second kappa shape index (κ2) is 9.23. The molecule has 3 N–H and O–H groups in total. The first-order valence-electron chi connectivity index (χ1n) is 11.3. The minimum Gasteiger partial charge on any atom is -0.389 e. The van der Waals surface area contributed by atoms with Crippen LogP contribution in [0.15, 0.2) is 59.9 Å². The quantitative estimate of drug-likeness (QED) is 0.452. The Morgan fingerprint density at radius 1 is 1.33 bits per heavy atom. The first-order valence-corrected chi connectivity index (χ1v) is 12.2. The fourth-order valence-electron chi connectivity index (χ4n) is 4.44. The van der Waals surface area contributed by atoms with Gasteiger partial charge in [-0.3, -0.25) is 4.79 Å².